The number of nitrogens with one attached hydrogen (secondary N) is 2. The molecular weight excluding hydrogens is 324 g/mol. The predicted molar refractivity (Wildman–Crippen MR) is 108 cm³/mol. The number of hydrogen-bond acceptors (Lipinski definition) is 3. The van der Waals surface area contributed by atoms with Crippen LogP contribution in [-0.4, -0.2) is 62.8 Å². The van der Waals surface area contributed by atoms with Gasteiger partial charge in [-0.25, -0.2) is 0 Å². The van der Waals surface area contributed by atoms with Crippen LogP contribution in [-0.2, 0) is 10.2 Å². The fourth-order valence-corrected chi connectivity index (χ4v) is 4.02. The number of rotatable bonds is 6. The van der Waals surface area contributed by atoms with Gasteiger partial charge in [-0.15, -0.1) is 0 Å². The Hall–Kier alpha value is -1.59. The first-order valence-electron chi connectivity index (χ1n) is 9.89. The van der Waals surface area contributed by atoms with E-state index in [1.54, 1.807) is 0 Å². The highest BCUT2D eigenvalue weighted by atomic mass is 16.5. The second-order valence-electron chi connectivity index (χ2n) is 8.19. The molecule has 5 nitrogen and oxygen atoms in total. The maximum absolute atomic E-state index is 5.48. The van der Waals surface area contributed by atoms with Crippen LogP contribution in [0, 0.1) is 0 Å². The van der Waals surface area contributed by atoms with Crippen LogP contribution in [0.25, 0.3) is 0 Å². The molecule has 5 heteroatoms. The maximum Gasteiger partial charge on any atom is 0.191 e. The Morgan fingerprint density at radius 2 is 1.85 bits per heavy atom. The summed E-state index contributed by atoms with van der Waals surface area (Å²) >= 11 is 0. The van der Waals surface area contributed by atoms with Gasteiger partial charge < -0.3 is 15.4 Å². The van der Waals surface area contributed by atoms with Gasteiger partial charge >= 0.3 is 0 Å². The number of guanidine groups is 1. The van der Waals surface area contributed by atoms with E-state index in [9.17, 15) is 0 Å². The second-order valence-corrected chi connectivity index (χ2v) is 8.19. The Labute approximate surface area is 158 Å². The van der Waals surface area contributed by atoms with Crippen molar-refractivity contribution in [3.05, 3.63) is 35.9 Å². The molecule has 3 rings (SSSR count). The molecule has 0 aromatic heterocycles. The van der Waals surface area contributed by atoms with Crippen LogP contribution in [0.1, 0.15) is 38.7 Å². The van der Waals surface area contributed by atoms with Gasteiger partial charge in [0.15, 0.2) is 5.96 Å². The summed E-state index contributed by atoms with van der Waals surface area (Å²) < 4.78 is 5.48. The number of aliphatic imine (C=N–C) groups is 1. The highest BCUT2D eigenvalue weighted by Gasteiger charge is 2.38. The molecule has 0 spiro atoms. The Kier molecular flexibility index (Phi) is 6.20. The predicted octanol–water partition coefficient (Wildman–Crippen LogP) is 2.38. The summed E-state index contributed by atoms with van der Waals surface area (Å²) in [4.78, 5) is 6.94. The van der Waals surface area contributed by atoms with E-state index in [4.69, 9.17) is 4.74 Å². The van der Waals surface area contributed by atoms with Gasteiger partial charge in [-0.05, 0) is 32.3 Å². The minimum absolute atomic E-state index is 0.0784. The molecule has 1 aromatic rings. The maximum atomic E-state index is 5.48. The van der Waals surface area contributed by atoms with E-state index in [1.807, 2.05) is 7.05 Å². The van der Waals surface area contributed by atoms with E-state index < -0.39 is 0 Å². The number of ether oxygens (including phenoxy) is 1. The molecule has 0 amide bonds. The van der Waals surface area contributed by atoms with Gasteiger partial charge in [0, 0.05) is 44.2 Å². The SMILES string of the molecule is CN=C(NCC1(c2ccccc2)CCC1)NCC(C)(C)N1CCOCC1. The summed E-state index contributed by atoms with van der Waals surface area (Å²) in [6.07, 6.45) is 3.81. The van der Waals surface area contributed by atoms with Crippen LogP contribution in [0.5, 0.6) is 0 Å². The number of nitrogens with zero attached hydrogens (tertiary/aromatic N) is 2. The lowest BCUT2D eigenvalue weighted by atomic mass is 9.64. The van der Waals surface area contributed by atoms with Crippen molar-refractivity contribution in [3.8, 4) is 0 Å². The Bertz CT molecular complexity index is 589. The van der Waals surface area contributed by atoms with Gasteiger partial charge in [-0.1, -0.05) is 36.8 Å². The van der Waals surface area contributed by atoms with Crippen LogP contribution in [0.15, 0.2) is 35.3 Å². The largest absolute Gasteiger partial charge is 0.379 e. The Morgan fingerprint density at radius 1 is 1.15 bits per heavy atom. The van der Waals surface area contributed by atoms with Crippen LogP contribution in [0.4, 0.5) is 0 Å². The summed E-state index contributed by atoms with van der Waals surface area (Å²) in [6, 6.07) is 10.9. The van der Waals surface area contributed by atoms with Gasteiger partial charge in [0.05, 0.1) is 13.2 Å². The number of hydrogen-bond donors (Lipinski definition) is 2. The van der Waals surface area contributed by atoms with Crippen molar-refractivity contribution < 1.29 is 4.74 Å². The number of benzene rings is 1. The first kappa shape index (κ1) is 19.2. The molecule has 0 radical (unpaired) electrons. The molecule has 0 bridgehead atoms. The topological polar surface area (TPSA) is 48.9 Å². The summed E-state index contributed by atoms with van der Waals surface area (Å²) in [5, 5.41) is 7.12. The minimum atomic E-state index is 0.0784. The van der Waals surface area contributed by atoms with Crippen molar-refractivity contribution in [1.82, 2.24) is 15.5 Å². The fourth-order valence-electron chi connectivity index (χ4n) is 4.02. The van der Waals surface area contributed by atoms with Crippen molar-refractivity contribution in [3.63, 3.8) is 0 Å². The lowest BCUT2D eigenvalue weighted by Crippen LogP contribution is -2.57. The van der Waals surface area contributed by atoms with Crippen LogP contribution >= 0.6 is 0 Å². The molecule has 1 aliphatic heterocycles. The lowest BCUT2D eigenvalue weighted by Gasteiger charge is -2.43. The smallest absolute Gasteiger partial charge is 0.191 e. The molecule has 0 atom stereocenters. The third-order valence-electron chi connectivity index (χ3n) is 6.07. The second kappa shape index (κ2) is 8.40. The van der Waals surface area contributed by atoms with Crippen molar-refractivity contribution in [2.45, 2.75) is 44.1 Å². The molecule has 1 saturated heterocycles. The Morgan fingerprint density at radius 3 is 2.42 bits per heavy atom. The summed E-state index contributed by atoms with van der Waals surface area (Å²) in [6.45, 7) is 10.0. The summed E-state index contributed by atoms with van der Waals surface area (Å²) in [5.41, 5.74) is 1.79. The monoisotopic (exact) mass is 358 g/mol. The molecule has 2 fully saturated rings. The lowest BCUT2D eigenvalue weighted by molar-refractivity contribution is -0.00834. The number of morpholine rings is 1. The Balaban J connectivity index is 1.53. The summed E-state index contributed by atoms with van der Waals surface area (Å²) in [5.74, 6) is 0.897. The van der Waals surface area contributed by atoms with E-state index in [-0.39, 0.29) is 11.0 Å². The first-order chi connectivity index (χ1) is 12.6. The first-order valence-corrected chi connectivity index (χ1v) is 9.89. The van der Waals surface area contributed by atoms with Crippen molar-refractivity contribution in [2.24, 2.45) is 4.99 Å². The molecule has 1 aromatic carbocycles. The average Bonchev–Trinajstić information content (AvgIpc) is 2.65. The van der Waals surface area contributed by atoms with E-state index in [2.05, 4.69) is 64.7 Å². The van der Waals surface area contributed by atoms with Gasteiger partial charge in [0.2, 0.25) is 0 Å². The molecular formula is C21H34N4O. The highest BCUT2D eigenvalue weighted by molar-refractivity contribution is 5.79. The third-order valence-corrected chi connectivity index (χ3v) is 6.07. The van der Waals surface area contributed by atoms with Gasteiger partial charge in [0.1, 0.15) is 0 Å². The van der Waals surface area contributed by atoms with Gasteiger partial charge in [0.25, 0.3) is 0 Å². The molecule has 1 heterocycles. The summed E-state index contributed by atoms with van der Waals surface area (Å²) in [7, 11) is 1.85. The molecule has 26 heavy (non-hydrogen) atoms. The van der Waals surface area contributed by atoms with Crippen LogP contribution < -0.4 is 10.6 Å². The standard InChI is InChI=1S/C21H34N4O/c1-20(2,25-12-14-26-15-13-25)16-23-19(22-3)24-17-21(10-7-11-21)18-8-5-4-6-9-18/h4-6,8-9H,7,10-17H2,1-3H3,(H2,22,23,24). The van der Waals surface area contributed by atoms with Crippen LogP contribution in [0.2, 0.25) is 0 Å². The third kappa shape index (κ3) is 4.38. The minimum Gasteiger partial charge on any atom is -0.379 e. The zero-order chi connectivity index (χ0) is 18.5. The van der Waals surface area contributed by atoms with E-state index in [1.165, 1.54) is 24.8 Å². The van der Waals surface area contributed by atoms with Gasteiger partial charge in [-0.2, -0.15) is 0 Å². The molecule has 1 saturated carbocycles. The molecule has 1 aliphatic carbocycles. The quantitative estimate of drug-likeness (QED) is 0.606. The zero-order valence-electron chi connectivity index (χ0n) is 16.6. The zero-order valence-corrected chi connectivity index (χ0v) is 16.6. The molecule has 144 valence electrons. The molecule has 2 aliphatic rings. The van der Waals surface area contributed by atoms with E-state index >= 15 is 0 Å². The fraction of sp³-hybridized carbons (Fsp3) is 0.667. The van der Waals surface area contributed by atoms with Crippen molar-refractivity contribution >= 4 is 5.96 Å². The normalized spacial score (nSPS) is 21.1. The van der Waals surface area contributed by atoms with Crippen LogP contribution in [0.3, 0.4) is 0 Å². The highest BCUT2D eigenvalue weighted by Crippen LogP contribution is 2.43. The molecule has 0 unspecified atom stereocenters. The van der Waals surface area contributed by atoms with Gasteiger partial charge in [-0.3, -0.25) is 9.89 Å². The van der Waals surface area contributed by atoms with Crippen molar-refractivity contribution in [2.75, 3.05) is 46.4 Å². The average molecular weight is 359 g/mol. The van der Waals surface area contributed by atoms with E-state index in [0.29, 0.717) is 0 Å². The van der Waals surface area contributed by atoms with Crippen molar-refractivity contribution in [1.29, 1.82) is 0 Å². The van der Waals surface area contributed by atoms with E-state index in [0.717, 1.165) is 45.4 Å². The molecule has 2 N–H and O–H groups in total.